The van der Waals surface area contributed by atoms with Crippen molar-refractivity contribution in [2.45, 2.75) is 31.7 Å². The molecule has 1 fully saturated rings. The van der Waals surface area contributed by atoms with E-state index in [1.165, 1.54) is 0 Å². The van der Waals surface area contributed by atoms with Crippen LogP contribution in [0.3, 0.4) is 0 Å². The summed E-state index contributed by atoms with van der Waals surface area (Å²) in [5, 5.41) is 2.87. The summed E-state index contributed by atoms with van der Waals surface area (Å²) in [5.41, 5.74) is 6.58. The van der Waals surface area contributed by atoms with Gasteiger partial charge in [-0.15, -0.1) is 0 Å². The second-order valence-electron chi connectivity index (χ2n) is 4.70. The van der Waals surface area contributed by atoms with Crippen LogP contribution in [0.2, 0.25) is 0 Å². The first-order valence-corrected chi connectivity index (χ1v) is 6.25. The minimum Gasteiger partial charge on any atom is -0.481 e. The third-order valence-corrected chi connectivity index (χ3v) is 3.30. The highest BCUT2D eigenvalue weighted by atomic mass is 16.5. The van der Waals surface area contributed by atoms with E-state index < -0.39 is 0 Å². The van der Waals surface area contributed by atoms with Crippen LogP contribution >= 0.6 is 0 Å². The second-order valence-corrected chi connectivity index (χ2v) is 4.70. The number of nitrogens with zero attached hydrogens (tertiary/aromatic N) is 1. The molecule has 1 saturated carbocycles. The molecule has 3 N–H and O–H groups in total. The summed E-state index contributed by atoms with van der Waals surface area (Å²) in [6.07, 6.45) is 5.34. The Morgan fingerprint density at radius 1 is 1.50 bits per heavy atom. The number of rotatable bonds is 3. The Hall–Kier alpha value is -1.62. The van der Waals surface area contributed by atoms with E-state index in [1.807, 2.05) is 0 Å². The summed E-state index contributed by atoms with van der Waals surface area (Å²) in [5.74, 6) is 0.598. The van der Waals surface area contributed by atoms with Crippen LogP contribution in [0.4, 0.5) is 5.69 Å². The Kier molecular flexibility index (Phi) is 4.15. The van der Waals surface area contributed by atoms with E-state index in [4.69, 9.17) is 10.5 Å². The quantitative estimate of drug-likeness (QED) is 0.852. The van der Waals surface area contributed by atoms with Gasteiger partial charge in [0.2, 0.25) is 11.8 Å². The van der Waals surface area contributed by atoms with Crippen molar-refractivity contribution >= 4 is 11.6 Å². The van der Waals surface area contributed by atoms with Gasteiger partial charge in [0.1, 0.15) is 0 Å². The summed E-state index contributed by atoms with van der Waals surface area (Å²) in [6, 6.07) is 3.66. The van der Waals surface area contributed by atoms with E-state index in [0.717, 1.165) is 25.7 Å². The smallest absolute Gasteiger partial charge is 0.227 e. The molecule has 2 rings (SSSR count). The van der Waals surface area contributed by atoms with Crippen LogP contribution < -0.4 is 15.8 Å². The molecule has 2 atom stereocenters. The van der Waals surface area contributed by atoms with Crippen LogP contribution in [-0.2, 0) is 4.79 Å². The van der Waals surface area contributed by atoms with Gasteiger partial charge in [-0.3, -0.25) is 4.79 Å². The minimum atomic E-state index is 0.0239. The first kappa shape index (κ1) is 12.8. The predicted molar refractivity (Wildman–Crippen MR) is 69.4 cm³/mol. The molecule has 0 aromatic carbocycles. The van der Waals surface area contributed by atoms with Gasteiger partial charge in [-0.05, 0) is 25.3 Å². The maximum absolute atomic E-state index is 12.0. The van der Waals surface area contributed by atoms with Gasteiger partial charge < -0.3 is 15.8 Å². The van der Waals surface area contributed by atoms with Gasteiger partial charge in [0.05, 0.1) is 19.0 Å². The van der Waals surface area contributed by atoms with Crippen LogP contribution in [-0.4, -0.2) is 24.0 Å². The Balaban J connectivity index is 1.93. The molecule has 1 aliphatic carbocycles. The molecule has 5 heteroatoms. The Bertz CT molecular complexity index is 405. The molecule has 0 aliphatic heterocycles. The molecule has 0 saturated heterocycles. The van der Waals surface area contributed by atoms with E-state index in [0.29, 0.717) is 11.6 Å². The Labute approximate surface area is 107 Å². The zero-order chi connectivity index (χ0) is 13.0. The van der Waals surface area contributed by atoms with Crippen molar-refractivity contribution in [1.29, 1.82) is 0 Å². The number of amides is 1. The number of ether oxygens (including phenoxy) is 1. The molecule has 1 heterocycles. The molecule has 1 aromatic rings. The van der Waals surface area contributed by atoms with Gasteiger partial charge in [-0.25, -0.2) is 4.98 Å². The Morgan fingerprint density at radius 2 is 2.33 bits per heavy atom. The van der Waals surface area contributed by atoms with Gasteiger partial charge in [-0.1, -0.05) is 6.42 Å². The number of nitrogens with two attached hydrogens (primary N) is 1. The lowest BCUT2D eigenvalue weighted by Gasteiger charge is -2.25. The number of anilines is 1. The van der Waals surface area contributed by atoms with Gasteiger partial charge in [0, 0.05) is 18.0 Å². The average molecular weight is 249 g/mol. The fraction of sp³-hybridized carbons (Fsp3) is 0.538. The fourth-order valence-electron chi connectivity index (χ4n) is 2.29. The molecule has 98 valence electrons. The van der Waals surface area contributed by atoms with Crippen molar-refractivity contribution in [3.8, 4) is 5.88 Å². The summed E-state index contributed by atoms with van der Waals surface area (Å²) < 4.78 is 4.96. The maximum Gasteiger partial charge on any atom is 0.227 e. The highest BCUT2D eigenvalue weighted by Gasteiger charge is 2.25. The lowest BCUT2D eigenvalue weighted by molar-refractivity contribution is -0.120. The molecule has 1 amide bonds. The van der Waals surface area contributed by atoms with E-state index in [1.54, 1.807) is 25.4 Å². The third kappa shape index (κ3) is 3.20. The van der Waals surface area contributed by atoms with Crippen molar-refractivity contribution in [1.82, 2.24) is 4.98 Å². The number of pyridine rings is 1. The monoisotopic (exact) mass is 249 g/mol. The van der Waals surface area contributed by atoms with E-state index in [-0.39, 0.29) is 17.9 Å². The second kappa shape index (κ2) is 5.82. The number of methoxy groups -OCH3 is 1. The number of hydrogen-bond donors (Lipinski definition) is 2. The minimum absolute atomic E-state index is 0.0239. The molecule has 0 spiro atoms. The third-order valence-electron chi connectivity index (χ3n) is 3.30. The highest BCUT2D eigenvalue weighted by molar-refractivity contribution is 5.92. The molecular weight excluding hydrogens is 230 g/mol. The number of hydrogen-bond acceptors (Lipinski definition) is 4. The average Bonchev–Trinajstić information content (AvgIpc) is 2.39. The van der Waals surface area contributed by atoms with E-state index in [2.05, 4.69) is 10.3 Å². The molecular formula is C13H19N3O2. The molecule has 0 radical (unpaired) electrons. The van der Waals surface area contributed by atoms with Gasteiger partial charge >= 0.3 is 0 Å². The first-order valence-electron chi connectivity index (χ1n) is 6.25. The fourth-order valence-corrected chi connectivity index (χ4v) is 2.29. The molecule has 5 nitrogen and oxygen atoms in total. The number of aromatic nitrogens is 1. The number of carbonyl (C=O) groups is 1. The zero-order valence-corrected chi connectivity index (χ0v) is 10.6. The van der Waals surface area contributed by atoms with Crippen LogP contribution in [0.5, 0.6) is 5.88 Å². The van der Waals surface area contributed by atoms with Crippen molar-refractivity contribution in [3.63, 3.8) is 0 Å². The first-order chi connectivity index (χ1) is 8.69. The van der Waals surface area contributed by atoms with Crippen molar-refractivity contribution in [2.24, 2.45) is 11.7 Å². The topological polar surface area (TPSA) is 77.2 Å². The van der Waals surface area contributed by atoms with Crippen molar-refractivity contribution < 1.29 is 9.53 Å². The van der Waals surface area contributed by atoms with Crippen LogP contribution in [0.15, 0.2) is 18.3 Å². The summed E-state index contributed by atoms with van der Waals surface area (Å²) in [4.78, 5) is 16.1. The summed E-state index contributed by atoms with van der Waals surface area (Å²) in [6.45, 7) is 0. The molecule has 1 aliphatic rings. The van der Waals surface area contributed by atoms with Crippen molar-refractivity contribution in [3.05, 3.63) is 18.3 Å². The number of carbonyl (C=O) groups excluding carboxylic acids is 1. The molecule has 2 unspecified atom stereocenters. The standard InChI is InChI=1S/C13H19N3O2/c1-18-12-6-5-11(8-15-12)16-13(17)9-3-2-4-10(14)7-9/h5-6,8-10H,2-4,7,14H2,1H3,(H,16,17). The molecule has 18 heavy (non-hydrogen) atoms. The van der Waals surface area contributed by atoms with E-state index >= 15 is 0 Å². The SMILES string of the molecule is COc1ccc(NC(=O)C2CCCC(N)C2)cn1. The largest absolute Gasteiger partial charge is 0.481 e. The van der Waals surface area contributed by atoms with E-state index in [9.17, 15) is 4.79 Å². The molecule has 0 bridgehead atoms. The lowest BCUT2D eigenvalue weighted by atomic mass is 9.85. The molecule has 1 aromatic heterocycles. The lowest BCUT2D eigenvalue weighted by Crippen LogP contribution is -2.34. The normalized spacial score (nSPS) is 23.4. The summed E-state index contributed by atoms with van der Waals surface area (Å²) in [7, 11) is 1.56. The highest BCUT2D eigenvalue weighted by Crippen LogP contribution is 2.24. The zero-order valence-electron chi connectivity index (χ0n) is 10.6. The summed E-state index contributed by atoms with van der Waals surface area (Å²) >= 11 is 0. The maximum atomic E-state index is 12.0. The van der Waals surface area contributed by atoms with Crippen LogP contribution in [0.1, 0.15) is 25.7 Å². The van der Waals surface area contributed by atoms with Gasteiger partial charge in [-0.2, -0.15) is 0 Å². The number of nitrogens with one attached hydrogen (secondary N) is 1. The van der Waals surface area contributed by atoms with Crippen molar-refractivity contribution in [2.75, 3.05) is 12.4 Å². The Morgan fingerprint density at radius 3 is 2.94 bits per heavy atom. The van der Waals surface area contributed by atoms with Gasteiger partial charge in [0.15, 0.2) is 0 Å². The van der Waals surface area contributed by atoms with Crippen LogP contribution in [0.25, 0.3) is 0 Å². The van der Waals surface area contributed by atoms with Gasteiger partial charge in [0.25, 0.3) is 0 Å². The predicted octanol–water partition coefficient (Wildman–Crippen LogP) is 1.55. The van der Waals surface area contributed by atoms with Crippen LogP contribution in [0, 0.1) is 5.92 Å².